The van der Waals surface area contributed by atoms with Gasteiger partial charge >= 0.3 is 0 Å². The maximum Gasteiger partial charge on any atom is 0.148 e. The first-order valence-corrected chi connectivity index (χ1v) is 8.13. The van der Waals surface area contributed by atoms with E-state index >= 15 is 0 Å². The number of nitrogens with zero attached hydrogens (tertiary/aromatic N) is 3. The molecule has 1 aromatic carbocycles. The van der Waals surface area contributed by atoms with E-state index in [-0.39, 0.29) is 0 Å². The molecule has 3 aromatic heterocycles. The highest BCUT2D eigenvalue weighted by molar-refractivity contribution is 7.14. The number of fused-ring (bicyclic) bond motifs is 1. The van der Waals surface area contributed by atoms with Crippen LogP contribution in [0.3, 0.4) is 0 Å². The summed E-state index contributed by atoms with van der Waals surface area (Å²) in [6, 6.07) is 12.4. The number of anilines is 1. The lowest BCUT2D eigenvalue weighted by Gasteiger charge is -2.10. The van der Waals surface area contributed by atoms with E-state index in [2.05, 4.69) is 49.7 Å². The summed E-state index contributed by atoms with van der Waals surface area (Å²) < 4.78 is 0. The first-order chi connectivity index (χ1) is 11.3. The van der Waals surface area contributed by atoms with Crippen molar-refractivity contribution in [3.8, 4) is 21.7 Å². The molecule has 4 rings (SSSR count). The quantitative estimate of drug-likeness (QED) is 0.596. The number of nitrogens with one attached hydrogen (secondary N) is 2. The minimum atomic E-state index is 0.832. The summed E-state index contributed by atoms with van der Waals surface area (Å²) in [5.74, 6) is 0.832. The Morgan fingerprint density at radius 2 is 1.87 bits per heavy atom. The van der Waals surface area contributed by atoms with Crippen molar-refractivity contribution in [1.82, 2.24) is 20.2 Å². The molecule has 0 aliphatic heterocycles. The van der Waals surface area contributed by atoms with E-state index in [4.69, 9.17) is 0 Å². The van der Waals surface area contributed by atoms with Crippen LogP contribution in [0.2, 0.25) is 0 Å². The van der Waals surface area contributed by atoms with Gasteiger partial charge in [0.2, 0.25) is 0 Å². The fraction of sp³-hybridized carbons (Fsp3) is 0.118. The lowest BCUT2D eigenvalue weighted by molar-refractivity contribution is 1.05. The molecule has 0 bridgehead atoms. The second-order valence-corrected chi connectivity index (χ2v) is 6.40. The zero-order chi connectivity index (χ0) is 15.8. The number of pyridine rings is 1. The van der Waals surface area contributed by atoms with Gasteiger partial charge in [-0.2, -0.15) is 0 Å². The number of rotatable bonds is 3. The molecule has 3 heterocycles. The summed E-state index contributed by atoms with van der Waals surface area (Å²) in [5.41, 5.74) is 4.22. The Hall–Kier alpha value is -2.73. The van der Waals surface area contributed by atoms with Crippen LogP contribution >= 0.6 is 11.3 Å². The standard InChI is InChI=1S/C17H15N5S/c1-10-21-22-17(23-10)13-6-4-3-5-11(13)14-9-15(18-2)20-16-12(14)7-8-19-16/h3-9H,1-2H3,(H2,18,19,20). The zero-order valence-corrected chi connectivity index (χ0v) is 13.6. The molecule has 0 fully saturated rings. The van der Waals surface area contributed by atoms with E-state index in [1.807, 2.05) is 32.3 Å². The lowest BCUT2D eigenvalue weighted by atomic mass is 9.98. The van der Waals surface area contributed by atoms with Crippen molar-refractivity contribution in [3.05, 3.63) is 47.6 Å². The van der Waals surface area contributed by atoms with E-state index in [0.29, 0.717) is 0 Å². The first kappa shape index (κ1) is 13.9. The van der Waals surface area contributed by atoms with E-state index in [9.17, 15) is 0 Å². The molecule has 4 aromatic rings. The normalized spacial score (nSPS) is 11.0. The molecule has 2 N–H and O–H groups in total. The highest BCUT2D eigenvalue weighted by atomic mass is 32.1. The van der Waals surface area contributed by atoms with Crippen molar-refractivity contribution in [2.45, 2.75) is 6.92 Å². The summed E-state index contributed by atoms with van der Waals surface area (Å²) in [6.45, 7) is 1.97. The lowest BCUT2D eigenvalue weighted by Crippen LogP contribution is -1.94. The Labute approximate surface area is 137 Å². The monoisotopic (exact) mass is 321 g/mol. The van der Waals surface area contributed by atoms with Gasteiger partial charge in [-0.25, -0.2) is 4.98 Å². The van der Waals surface area contributed by atoms with Gasteiger partial charge < -0.3 is 10.3 Å². The van der Waals surface area contributed by atoms with Crippen molar-refractivity contribution >= 4 is 28.2 Å². The van der Waals surface area contributed by atoms with Crippen molar-refractivity contribution in [2.75, 3.05) is 12.4 Å². The summed E-state index contributed by atoms with van der Waals surface area (Å²) in [7, 11) is 1.88. The third kappa shape index (κ3) is 2.37. The molecular formula is C17H15N5S. The first-order valence-electron chi connectivity index (χ1n) is 7.32. The van der Waals surface area contributed by atoms with Crippen LogP contribution in [0.4, 0.5) is 5.82 Å². The Balaban J connectivity index is 2.00. The molecule has 0 radical (unpaired) electrons. The molecule has 0 atom stereocenters. The molecule has 0 aliphatic rings. The molecule has 5 nitrogen and oxygen atoms in total. The Morgan fingerprint density at radius 1 is 1.04 bits per heavy atom. The highest BCUT2D eigenvalue weighted by Gasteiger charge is 2.15. The minimum Gasteiger partial charge on any atom is -0.373 e. The molecule has 0 aliphatic carbocycles. The summed E-state index contributed by atoms with van der Waals surface area (Å²) in [4.78, 5) is 7.75. The Morgan fingerprint density at radius 3 is 2.61 bits per heavy atom. The average molecular weight is 321 g/mol. The molecule has 114 valence electrons. The van der Waals surface area contributed by atoms with Crippen LogP contribution in [0.1, 0.15) is 5.01 Å². The van der Waals surface area contributed by atoms with Gasteiger partial charge in [0.25, 0.3) is 0 Å². The number of aryl methyl sites for hydroxylation is 1. The molecule has 0 saturated heterocycles. The van der Waals surface area contributed by atoms with Gasteiger partial charge in [0, 0.05) is 24.2 Å². The third-order valence-corrected chi connectivity index (χ3v) is 4.63. The maximum atomic E-state index is 4.55. The molecule has 0 spiro atoms. The van der Waals surface area contributed by atoms with Crippen LogP contribution in [0, 0.1) is 6.92 Å². The molecule has 6 heteroatoms. The molecule has 0 saturated carbocycles. The van der Waals surface area contributed by atoms with Gasteiger partial charge in [-0.15, -0.1) is 10.2 Å². The number of aromatic amines is 1. The van der Waals surface area contributed by atoms with Crippen LogP contribution < -0.4 is 5.32 Å². The van der Waals surface area contributed by atoms with Gasteiger partial charge in [0.1, 0.15) is 21.5 Å². The molecule has 0 unspecified atom stereocenters. The van der Waals surface area contributed by atoms with Gasteiger partial charge in [-0.1, -0.05) is 35.6 Å². The largest absolute Gasteiger partial charge is 0.373 e. The second kappa shape index (κ2) is 5.48. The molecule has 0 amide bonds. The smallest absolute Gasteiger partial charge is 0.148 e. The third-order valence-electron chi connectivity index (χ3n) is 3.76. The Kier molecular flexibility index (Phi) is 3.31. The second-order valence-electron chi connectivity index (χ2n) is 5.22. The predicted molar refractivity (Wildman–Crippen MR) is 94.7 cm³/mol. The van der Waals surface area contributed by atoms with Crippen LogP contribution in [-0.2, 0) is 0 Å². The Bertz CT molecular complexity index is 985. The number of hydrogen-bond acceptors (Lipinski definition) is 5. The van der Waals surface area contributed by atoms with Crippen molar-refractivity contribution in [2.24, 2.45) is 0 Å². The molecular weight excluding hydrogens is 306 g/mol. The summed E-state index contributed by atoms with van der Waals surface area (Å²) in [5, 5.41) is 14.6. The SMILES string of the molecule is CNc1cc(-c2ccccc2-c2nnc(C)s2)c2cc[nH]c2n1. The van der Waals surface area contributed by atoms with Gasteiger partial charge in [-0.3, -0.25) is 0 Å². The number of H-pyrrole nitrogens is 1. The van der Waals surface area contributed by atoms with Gasteiger partial charge in [0.05, 0.1) is 0 Å². The van der Waals surface area contributed by atoms with Crippen LogP contribution in [0.5, 0.6) is 0 Å². The van der Waals surface area contributed by atoms with E-state index in [1.165, 1.54) is 0 Å². The topological polar surface area (TPSA) is 66.5 Å². The van der Waals surface area contributed by atoms with Gasteiger partial charge in [0.15, 0.2) is 0 Å². The van der Waals surface area contributed by atoms with Crippen LogP contribution in [-0.4, -0.2) is 27.2 Å². The summed E-state index contributed by atoms with van der Waals surface area (Å²) in [6.07, 6.45) is 1.91. The van der Waals surface area contributed by atoms with Gasteiger partial charge in [-0.05, 0) is 30.2 Å². The van der Waals surface area contributed by atoms with E-state index in [1.54, 1.807) is 11.3 Å². The van der Waals surface area contributed by atoms with E-state index < -0.39 is 0 Å². The number of aromatic nitrogens is 4. The minimum absolute atomic E-state index is 0.832. The number of benzene rings is 1. The van der Waals surface area contributed by atoms with Crippen molar-refractivity contribution in [3.63, 3.8) is 0 Å². The fourth-order valence-electron chi connectivity index (χ4n) is 2.70. The zero-order valence-electron chi connectivity index (χ0n) is 12.8. The highest BCUT2D eigenvalue weighted by Crippen LogP contribution is 2.37. The average Bonchev–Trinajstić information content (AvgIpc) is 3.22. The van der Waals surface area contributed by atoms with Crippen LogP contribution in [0.15, 0.2) is 42.6 Å². The summed E-state index contributed by atoms with van der Waals surface area (Å²) >= 11 is 1.61. The predicted octanol–water partition coefficient (Wildman–Crippen LogP) is 4.10. The number of hydrogen-bond donors (Lipinski definition) is 2. The van der Waals surface area contributed by atoms with Crippen LogP contribution in [0.25, 0.3) is 32.7 Å². The van der Waals surface area contributed by atoms with Crippen molar-refractivity contribution < 1.29 is 0 Å². The fourth-order valence-corrected chi connectivity index (χ4v) is 3.43. The maximum absolute atomic E-state index is 4.55. The van der Waals surface area contributed by atoms with Crippen molar-refractivity contribution in [1.29, 1.82) is 0 Å². The molecule has 23 heavy (non-hydrogen) atoms. The van der Waals surface area contributed by atoms with E-state index in [0.717, 1.165) is 43.6 Å².